The minimum Gasteiger partial charge on any atom is -0.498 e. The van der Waals surface area contributed by atoms with Gasteiger partial charge in [-0.05, 0) is 13.0 Å². The molecule has 1 N–H and O–H groups in total. The molecule has 23 heavy (non-hydrogen) atoms. The summed E-state index contributed by atoms with van der Waals surface area (Å²) in [6.07, 6.45) is 3.18. The van der Waals surface area contributed by atoms with E-state index >= 15 is 0 Å². The number of aromatic nitrogens is 1. The first-order chi connectivity index (χ1) is 10.9. The van der Waals surface area contributed by atoms with Crippen molar-refractivity contribution in [2.45, 2.75) is 33.2 Å². The Balaban J connectivity index is 2.37. The van der Waals surface area contributed by atoms with E-state index in [-0.39, 0.29) is 5.75 Å². The number of benzene rings is 1. The Morgan fingerprint density at radius 2 is 2.09 bits per heavy atom. The molecule has 5 nitrogen and oxygen atoms in total. The van der Waals surface area contributed by atoms with Gasteiger partial charge >= 0.3 is 0 Å². The number of allylic oxidation sites excluding steroid dienone is 1. The van der Waals surface area contributed by atoms with Crippen LogP contribution in [0.1, 0.15) is 31.7 Å². The highest BCUT2D eigenvalue weighted by Crippen LogP contribution is 2.23. The van der Waals surface area contributed by atoms with Crippen molar-refractivity contribution in [2.75, 3.05) is 12.4 Å². The lowest BCUT2D eigenvalue weighted by Gasteiger charge is -2.04. The maximum absolute atomic E-state index is 10.9. The van der Waals surface area contributed by atoms with Crippen LogP contribution in [-0.4, -0.2) is 25.3 Å². The summed E-state index contributed by atoms with van der Waals surface area (Å²) >= 11 is 1.65. The molecular formula is C16H22NO4S2+. The van der Waals surface area contributed by atoms with Gasteiger partial charge in [0.15, 0.2) is 6.54 Å². The number of nitrogens with zero attached hydrogens (tertiary/aromatic N) is 1. The maximum atomic E-state index is 10.9. The number of ether oxygens (including phenoxy) is 1. The zero-order valence-electron chi connectivity index (χ0n) is 13.4. The minimum absolute atomic E-state index is 0.237. The van der Waals surface area contributed by atoms with Crippen molar-refractivity contribution in [3.63, 3.8) is 0 Å². The van der Waals surface area contributed by atoms with E-state index in [9.17, 15) is 8.42 Å². The average Bonchev–Trinajstić information content (AvgIpc) is 2.83. The number of hydrogen-bond acceptors (Lipinski definition) is 4. The third kappa shape index (κ3) is 5.02. The molecule has 0 radical (unpaired) electrons. The van der Waals surface area contributed by atoms with Gasteiger partial charge in [0, 0.05) is 18.9 Å². The second-order valence-corrected chi connectivity index (χ2v) is 7.73. The van der Waals surface area contributed by atoms with Crippen LogP contribution < -0.4 is 4.57 Å². The summed E-state index contributed by atoms with van der Waals surface area (Å²) in [6.45, 7) is 5.14. The number of aryl methyl sites for hydroxylation is 1. The fourth-order valence-corrected chi connectivity index (χ4v) is 4.00. The molecule has 2 aromatic rings. The first-order valence-electron chi connectivity index (χ1n) is 7.64. The number of para-hydroxylation sites is 1. The maximum Gasteiger partial charge on any atom is 0.266 e. The summed E-state index contributed by atoms with van der Waals surface area (Å²) in [4.78, 5) is 0. The number of thiazole rings is 1. The van der Waals surface area contributed by atoms with Gasteiger partial charge in [-0.15, -0.1) is 0 Å². The minimum atomic E-state index is -3.93. The Morgan fingerprint density at radius 3 is 2.74 bits per heavy atom. The summed E-state index contributed by atoms with van der Waals surface area (Å²) < 4.78 is 39.6. The second kappa shape index (κ2) is 7.90. The highest BCUT2D eigenvalue weighted by molar-refractivity contribution is 7.85. The fraction of sp³-hybridized carbons (Fsp3) is 0.438. The Labute approximate surface area is 141 Å². The normalized spacial score (nSPS) is 12.7. The van der Waals surface area contributed by atoms with E-state index in [1.807, 2.05) is 44.2 Å². The van der Waals surface area contributed by atoms with Crippen LogP contribution in [0.3, 0.4) is 0 Å². The molecule has 126 valence electrons. The molecule has 0 atom stereocenters. The topological polar surface area (TPSA) is 67.5 Å². The van der Waals surface area contributed by atoms with Gasteiger partial charge in [-0.3, -0.25) is 4.55 Å². The van der Waals surface area contributed by atoms with Crippen LogP contribution in [0.25, 0.3) is 16.3 Å². The van der Waals surface area contributed by atoms with E-state index in [1.54, 1.807) is 11.3 Å². The van der Waals surface area contributed by atoms with Crippen molar-refractivity contribution in [3.05, 3.63) is 35.0 Å². The van der Waals surface area contributed by atoms with Gasteiger partial charge in [-0.25, -0.2) is 0 Å². The molecule has 0 aliphatic heterocycles. The SMILES string of the molecule is CCO/C(=C/c1sc2ccccc2[n+]1CCCS(=O)(=O)O)CC. The smallest absolute Gasteiger partial charge is 0.266 e. The Kier molecular flexibility index (Phi) is 6.15. The molecule has 0 saturated carbocycles. The molecule has 0 spiro atoms. The van der Waals surface area contributed by atoms with E-state index < -0.39 is 10.1 Å². The van der Waals surface area contributed by atoms with E-state index in [2.05, 4.69) is 4.57 Å². The van der Waals surface area contributed by atoms with E-state index in [1.165, 1.54) is 0 Å². The van der Waals surface area contributed by atoms with Crippen LogP contribution >= 0.6 is 11.3 Å². The zero-order valence-corrected chi connectivity index (χ0v) is 15.0. The lowest BCUT2D eigenvalue weighted by molar-refractivity contribution is -0.668. The molecular weight excluding hydrogens is 334 g/mol. The van der Waals surface area contributed by atoms with Crippen LogP contribution in [0, 0.1) is 0 Å². The zero-order chi connectivity index (χ0) is 16.9. The number of rotatable bonds is 8. The first kappa shape index (κ1) is 17.9. The van der Waals surface area contributed by atoms with Gasteiger partial charge in [0.05, 0.1) is 18.4 Å². The van der Waals surface area contributed by atoms with E-state index in [0.717, 1.165) is 27.4 Å². The molecule has 1 heterocycles. The highest BCUT2D eigenvalue weighted by atomic mass is 32.2. The van der Waals surface area contributed by atoms with Gasteiger partial charge in [-0.1, -0.05) is 30.4 Å². The molecule has 0 amide bonds. The molecule has 7 heteroatoms. The lowest BCUT2D eigenvalue weighted by Crippen LogP contribution is -2.36. The lowest BCUT2D eigenvalue weighted by atomic mass is 10.3. The van der Waals surface area contributed by atoms with Gasteiger partial charge < -0.3 is 4.74 Å². The quantitative estimate of drug-likeness (QED) is 0.448. The predicted molar refractivity (Wildman–Crippen MR) is 92.9 cm³/mol. The molecule has 0 aliphatic carbocycles. The third-order valence-electron chi connectivity index (χ3n) is 3.38. The average molecular weight is 356 g/mol. The summed E-state index contributed by atoms with van der Waals surface area (Å²) in [7, 11) is -3.93. The van der Waals surface area contributed by atoms with Gasteiger partial charge in [0.1, 0.15) is 10.5 Å². The van der Waals surface area contributed by atoms with Crippen molar-refractivity contribution in [3.8, 4) is 0 Å². The highest BCUT2D eigenvalue weighted by Gasteiger charge is 2.20. The van der Waals surface area contributed by atoms with Crippen LogP contribution in [0.2, 0.25) is 0 Å². The number of hydrogen-bond donors (Lipinski definition) is 1. The Bertz CT molecular complexity index is 794. The molecule has 0 bridgehead atoms. The van der Waals surface area contributed by atoms with Crippen molar-refractivity contribution in [1.82, 2.24) is 0 Å². The first-order valence-corrected chi connectivity index (χ1v) is 10.1. The van der Waals surface area contributed by atoms with Crippen molar-refractivity contribution in [1.29, 1.82) is 0 Å². The van der Waals surface area contributed by atoms with Crippen LogP contribution in [0.4, 0.5) is 0 Å². The second-order valence-electron chi connectivity index (χ2n) is 5.10. The van der Waals surface area contributed by atoms with Gasteiger partial charge in [-0.2, -0.15) is 13.0 Å². The molecule has 0 fully saturated rings. The van der Waals surface area contributed by atoms with E-state index in [4.69, 9.17) is 9.29 Å². The fourth-order valence-electron chi connectivity index (χ4n) is 2.36. The largest absolute Gasteiger partial charge is 0.498 e. The summed E-state index contributed by atoms with van der Waals surface area (Å²) in [5.41, 5.74) is 1.06. The molecule has 1 aromatic heterocycles. The Hall–Kier alpha value is -1.44. The summed E-state index contributed by atoms with van der Waals surface area (Å²) in [5.74, 6) is 0.668. The molecule has 2 rings (SSSR count). The van der Waals surface area contributed by atoms with Gasteiger partial charge in [0.25, 0.3) is 15.1 Å². The van der Waals surface area contributed by atoms with E-state index in [0.29, 0.717) is 19.6 Å². The van der Waals surface area contributed by atoms with Crippen LogP contribution in [0.15, 0.2) is 30.0 Å². The summed E-state index contributed by atoms with van der Waals surface area (Å²) in [6, 6.07) is 8.01. The van der Waals surface area contributed by atoms with Gasteiger partial charge in [0.2, 0.25) is 5.52 Å². The van der Waals surface area contributed by atoms with Crippen molar-refractivity contribution >= 4 is 37.7 Å². The molecule has 0 saturated heterocycles. The standard InChI is InChI=1S/C16H21NO4S2/c1-3-13(21-4-2)12-16-17(10-7-11-23(18,19)20)14-8-5-6-9-15(14)22-16/h5-6,8-9,12H,3-4,7,10-11H2,1-2H3/p+1/b13-12+. The molecule has 0 aliphatic rings. The summed E-state index contributed by atoms with van der Waals surface area (Å²) in [5, 5.41) is 1.02. The predicted octanol–water partition coefficient (Wildman–Crippen LogP) is 3.25. The number of fused-ring (bicyclic) bond motifs is 1. The van der Waals surface area contributed by atoms with Crippen molar-refractivity contribution in [2.24, 2.45) is 0 Å². The van der Waals surface area contributed by atoms with Crippen LogP contribution in [-0.2, 0) is 21.4 Å². The van der Waals surface area contributed by atoms with Crippen molar-refractivity contribution < 1.29 is 22.3 Å². The Morgan fingerprint density at radius 1 is 1.35 bits per heavy atom. The third-order valence-corrected chi connectivity index (χ3v) is 5.30. The molecule has 1 aromatic carbocycles. The molecule has 0 unspecified atom stereocenters. The monoisotopic (exact) mass is 356 g/mol. The van der Waals surface area contributed by atoms with Crippen LogP contribution in [0.5, 0.6) is 0 Å².